The van der Waals surface area contributed by atoms with Crippen LogP contribution in [0.2, 0.25) is 0 Å². The maximum atomic E-state index is 13.0. The second kappa shape index (κ2) is 9.01. The van der Waals surface area contributed by atoms with Crippen molar-refractivity contribution in [1.29, 1.82) is 0 Å². The van der Waals surface area contributed by atoms with Crippen LogP contribution in [0.4, 0.5) is 4.39 Å². The number of guanidine groups is 1. The van der Waals surface area contributed by atoms with Gasteiger partial charge in [-0.2, -0.15) is 0 Å². The number of aryl methyl sites for hydroxylation is 1. The molecule has 1 aromatic carbocycles. The van der Waals surface area contributed by atoms with Crippen molar-refractivity contribution in [3.8, 4) is 0 Å². The summed E-state index contributed by atoms with van der Waals surface area (Å²) in [6.07, 6.45) is 1.23. The van der Waals surface area contributed by atoms with Crippen LogP contribution in [0.3, 0.4) is 0 Å². The summed E-state index contributed by atoms with van der Waals surface area (Å²) in [5.41, 5.74) is 1.79. The van der Waals surface area contributed by atoms with E-state index in [1.165, 1.54) is 12.1 Å². The van der Waals surface area contributed by atoms with Crippen LogP contribution < -0.4 is 5.32 Å². The zero-order chi connectivity index (χ0) is 18.4. The molecule has 25 heavy (non-hydrogen) atoms. The summed E-state index contributed by atoms with van der Waals surface area (Å²) in [5.74, 6) is 0.391. The van der Waals surface area contributed by atoms with Crippen LogP contribution in [0.5, 0.6) is 0 Å². The lowest BCUT2D eigenvalue weighted by molar-refractivity contribution is 0.186. The average molecular weight is 411 g/mol. The lowest BCUT2D eigenvalue weighted by Crippen LogP contribution is -2.39. The molecule has 0 amide bonds. The molecule has 2 aromatic rings. The van der Waals surface area contributed by atoms with Gasteiger partial charge in [-0.25, -0.2) is 4.39 Å². The maximum Gasteiger partial charge on any atom is 0.194 e. The van der Waals surface area contributed by atoms with Crippen LogP contribution in [0.1, 0.15) is 24.3 Å². The molecule has 0 aliphatic rings. The lowest BCUT2D eigenvalue weighted by Gasteiger charge is -2.23. The molecule has 0 bridgehead atoms. The van der Waals surface area contributed by atoms with E-state index in [0.29, 0.717) is 18.1 Å². The molecule has 2 rings (SSSR count). The first-order chi connectivity index (χ1) is 11.9. The lowest BCUT2D eigenvalue weighted by atomic mass is 10.1. The third kappa shape index (κ3) is 5.57. The molecule has 0 saturated carbocycles. The number of aromatic nitrogens is 1. The zero-order valence-electron chi connectivity index (χ0n) is 14.7. The molecule has 0 fully saturated rings. The monoisotopic (exact) mass is 410 g/mol. The Morgan fingerprint density at radius 1 is 1.40 bits per heavy atom. The van der Waals surface area contributed by atoms with Gasteiger partial charge >= 0.3 is 0 Å². The van der Waals surface area contributed by atoms with E-state index in [2.05, 4.69) is 36.9 Å². The number of aliphatic imine (C=N–C) groups is 1. The minimum Gasteiger partial charge on any atom is -0.386 e. The summed E-state index contributed by atoms with van der Waals surface area (Å²) in [6, 6.07) is 7.90. The van der Waals surface area contributed by atoms with E-state index in [9.17, 15) is 9.50 Å². The number of hydrogen-bond donors (Lipinski definition) is 2. The Hall–Kier alpha value is -1.86. The van der Waals surface area contributed by atoms with Crippen molar-refractivity contribution >= 4 is 21.9 Å². The van der Waals surface area contributed by atoms with Crippen LogP contribution in [0.15, 0.2) is 46.0 Å². The molecule has 1 atom stereocenters. The number of hydrogen-bond acceptors (Lipinski definition) is 2. The van der Waals surface area contributed by atoms with Gasteiger partial charge in [-0.15, -0.1) is 0 Å². The normalized spacial score (nSPS) is 13.0. The average Bonchev–Trinajstić information content (AvgIpc) is 2.89. The summed E-state index contributed by atoms with van der Waals surface area (Å²) >= 11 is 3.48. The van der Waals surface area contributed by atoms with Gasteiger partial charge < -0.3 is 19.9 Å². The van der Waals surface area contributed by atoms with Gasteiger partial charge in [0.25, 0.3) is 0 Å². The highest BCUT2D eigenvalue weighted by molar-refractivity contribution is 9.10. The van der Waals surface area contributed by atoms with Gasteiger partial charge in [0.05, 0.1) is 19.2 Å². The van der Waals surface area contributed by atoms with Gasteiger partial charge in [0.2, 0.25) is 0 Å². The minimum atomic E-state index is -0.771. The highest BCUT2D eigenvalue weighted by atomic mass is 79.9. The van der Waals surface area contributed by atoms with E-state index >= 15 is 0 Å². The van der Waals surface area contributed by atoms with Crippen molar-refractivity contribution in [1.82, 2.24) is 14.8 Å². The van der Waals surface area contributed by atoms with Gasteiger partial charge in [-0.3, -0.25) is 4.99 Å². The van der Waals surface area contributed by atoms with Crippen molar-refractivity contribution in [3.05, 3.63) is 58.1 Å². The number of benzene rings is 1. The molecule has 1 aromatic heterocycles. The van der Waals surface area contributed by atoms with Crippen LogP contribution >= 0.6 is 15.9 Å². The van der Waals surface area contributed by atoms with Crippen LogP contribution in [0, 0.1) is 5.82 Å². The van der Waals surface area contributed by atoms with E-state index in [0.717, 1.165) is 16.7 Å². The molecule has 0 radical (unpaired) electrons. The molecule has 0 aliphatic carbocycles. The number of nitrogens with zero attached hydrogens (tertiary/aromatic N) is 3. The Morgan fingerprint density at radius 2 is 2.08 bits per heavy atom. The van der Waals surface area contributed by atoms with Crippen molar-refractivity contribution in [3.63, 3.8) is 0 Å². The Kier molecular flexibility index (Phi) is 7.01. The van der Waals surface area contributed by atoms with E-state index in [1.807, 2.05) is 32.1 Å². The van der Waals surface area contributed by atoms with Crippen LogP contribution in [-0.4, -0.2) is 40.7 Å². The molecule has 0 spiro atoms. The van der Waals surface area contributed by atoms with Gasteiger partial charge in [0.15, 0.2) is 5.96 Å². The standard InChI is InChI=1S/C18H24BrFN4O/c1-4-21-18(24(3)12-16-9-14(19)11-23(16)2)22-10-17(25)13-5-7-15(20)8-6-13/h5-9,11,17,25H,4,10,12H2,1-3H3,(H,21,22). The topological polar surface area (TPSA) is 52.8 Å². The highest BCUT2D eigenvalue weighted by Crippen LogP contribution is 2.16. The van der Waals surface area contributed by atoms with E-state index < -0.39 is 6.10 Å². The molecular formula is C18H24BrFN4O. The fraction of sp³-hybridized carbons (Fsp3) is 0.389. The number of aliphatic hydroxyl groups is 1. The maximum absolute atomic E-state index is 13.0. The predicted octanol–water partition coefficient (Wildman–Crippen LogP) is 3.06. The largest absolute Gasteiger partial charge is 0.386 e. The number of halogens is 2. The van der Waals surface area contributed by atoms with Gasteiger partial charge in [0, 0.05) is 37.0 Å². The molecule has 0 aliphatic heterocycles. The van der Waals surface area contributed by atoms with E-state index in [4.69, 9.17) is 0 Å². The summed E-state index contributed by atoms with van der Waals surface area (Å²) in [4.78, 5) is 6.51. The first-order valence-corrected chi connectivity index (χ1v) is 8.93. The second-order valence-electron chi connectivity index (χ2n) is 5.88. The molecule has 136 valence electrons. The zero-order valence-corrected chi connectivity index (χ0v) is 16.3. The Bertz CT molecular complexity index is 714. The smallest absolute Gasteiger partial charge is 0.194 e. The Labute approximate surface area is 156 Å². The first kappa shape index (κ1) is 19.5. The van der Waals surface area contributed by atoms with Crippen LogP contribution in [0.25, 0.3) is 0 Å². The third-order valence-electron chi connectivity index (χ3n) is 3.84. The van der Waals surface area contributed by atoms with Gasteiger partial charge in [-0.1, -0.05) is 12.1 Å². The Balaban J connectivity index is 2.06. The number of aliphatic hydroxyl groups excluding tert-OH is 1. The number of rotatable bonds is 6. The van der Waals surface area contributed by atoms with Gasteiger partial charge in [-0.05, 0) is 46.6 Å². The van der Waals surface area contributed by atoms with Crippen molar-refractivity contribution in [2.24, 2.45) is 12.0 Å². The van der Waals surface area contributed by atoms with Crippen molar-refractivity contribution in [2.75, 3.05) is 20.1 Å². The summed E-state index contributed by atoms with van der Waals surface area (Å²) in [7, 11) is 3.95. The van der Waals surface area contributed by atoms with Crippen molar-refractivity contribution in [2.45, 2.75) is 19.6 Å². The SMILES string of the molecule is CCNC(=NCC(O)c1ccc(F)cc1)N(C)Cc1cc(Br)cn1C. The first-order valence-electron chi connectivity index (χ1n) is 8.14. The molecule has 5 nitrogen and oxygen atoms in total. The van der Waals surface area contributed by atoms with Crippen LogP contribution in [-0.2, 0) is 13.6 Å². The van der Waals surface area contributed by atoms with Crippen molar-refractivity contribution < 1.29 is 9.50 Å². The molecule has 1 heterocycles. The van der Waals surface area contributed by atoms with Gasteiger partial charge in [0.1, 0.15) is 5.82 Å². The van der Waals surface area contributed by atoms with E-state index in [1.54, 1.807) is 12.1 Å². The summed E-state index contributed by atoms with van der Waals surface area (Å²) in [5, 5.41) is 13.5. The predicted molar refractivity (Wildman–Crippen MR) is 102 cm³/mol. The minimum absolute atomic E-state index is 0.204. The molecule has 7 heteroatoms. The Morgan fingerprint density at radius 3 is 2.64 bits per heavy atom. The fourth-order valence-electron chi connectivity index (χ4n) is 2.47. The molecule has 2 N–H and O–H groups in total. The second-order valence-corrected chi connectivity index (χ2v) is 6.79. The summed E-state index contributed by atoms with van der Waals surface area (Å²) in [6.45, 7) is 3.61. The molecule has 0 saturated heterocycles. The third-order valence-corrected chi connectivity index (χ3v) is 4.27. The summed E-state index contributed by atoms with van der Waals surface area (Å²) < 4.78 is 16.1. The number of nitrogens with one attached hydrogen (secondary N) is 1. The fourth-order valence-corrected chi connectivity index (χ4v) is 3.05. The van der Waals surface area contributed by atoms with E-state index in [-0.39, 0.29) is 12.4 Å². The quantitative estimate of drug-likeness (QED) is 0.568. The molecule has 1 unspecified atom stereocenters. The molecular weight excluding hydrogens is 387 g/mol. The highest BCUT2D eigenvalue weighted by Gasteiger charge is 2.12.